The van der Waals surface area contributed by atoms with Crippen molar-refractivity contribution in [1.29, 1.82) is 0 Å². The Labute approximate surface area is 123 Å². The predicted octanol–water partition coefficient (Wildman–Crippen LogP) is 4.00. The summed E-state index contributed by atoms with van der Waals surface area (Å²) in [5, 5.41) is 3.18. The molecule has 2 rings (SSSR count). The lowest BCUT2D eigenvalue weighted by Crippen LogP contribution is -2.06. The Morgan fingerprint density at radius 3 is 2.62 bits per heavy atom. The van der Waals surface area contributed by atoms with Gasteiger partial charge in [0.1, 0.15) is 5.82 Å². The van der Waals surface area contributed by atoms with E-state index in [1.807, 2.05) is 25.1 Å². The number of hydrogen-bond acceptors (Lipinski definition) is 3. The fraction of sp³-hybridized carbons (Fsp3) is 0.235. The van der Waals surface area contributed by atoms with Crippen molar-refractivity contribution in [3.8, 4) is 0 Å². The Morgan fingerprint density at radius 2 is 1.95 bits per heavy atom. The number of nitrogens with one attached hydrogen (secondary N) is 1. The van der Waals surface area contributed by atoms with Gasteiger partial charge in [0, 0.05) is 12.2 Å². The molecule has 2 aromatic carbocycles. The SMILES string of the molecule is CCCOC(=O)c1ccc(NCc2cccc(F)c2)cc1. The number of ether oxygens (including phenoxy) is 1. The first-order chi connectivity index (χ1) is 10.2. The maximum Gasteiger partial charge on any atom is 0.338 e. The molecule has 0 aliphatic carbocycles. The van der Waals surface area contributed by atoms with Crippen LogP contribution in [-0.2, 0) is 11.3 Å². The van der Waals surface area contributed by atoms with Gasteiger partial charge in [-0.05, 0) is 48.4 Å². The Kier molecular flexibility index (Phi) is 5.32. The van der Waals surface area contributed by atoms with Crippen LogP contribution in [0.25, 0.3) is 0 Å². The van der Waals surface area contributed by atoms with Crippen LogP contribution in [-0.4, -0.2) is 12.6 Å². The quantitative estimate of drug-likeness (QED) is 0.816. The lowest BCUT2D eigenvalue weighted by Gasteiger charge is -2.08. The van der Waals surface area contributed by atoms with Crippen molar-refractivity contribution in [2.45, 2.75) is 19.9 Å². The third kappa shape index (κ3) is 4.60. The van der Waals surface area contributed by atoms with Crippen LogP contribution in [0.3, 0.4) is 0 Å². The van der Waals surface area contributed by atoms with E-state index < -0.39 is 0 Å². The van der Waals surface area contributed by atoms with E-state index in [2.05, 4.69) is 5.32 Å². The van der Waals surface area contributed by atoms with E-state index in [0.29, 0.717) is 18.7 Å². The molecule has 0 bridgehead atoms. The van der Waals surface area contributed by atoms with Crippen molar-refractivity contribution >= 4 is 11.7 Å². The summed E-state index contributed by atoms with van der Waals surface area (Å²) in [5.74, 6) is -0.558. The summed E-state index contributed by atoms with van der Waals surface area (Å²) >= 11 is 0. The molecule has 0 radical (unpaired) electrons. The summed E-state index contributed by atoms with van der Waals surface area (Å²) in [6.45, 7) is 2.91. The minimum absolute atomic E-state index is 0.247. The van der Waals surface area contributed by atoms with Crippen LogP contribution in [0.4, 0.5) is 10.1 Å². The second kappa shape index (κ2) is 7.43. The van der Waals surface area contributed by atoms with E-state index >= 15 is 0 Å². The number of hydrogen-bond donors (Lipinski definition) is 1. The van der Waals surface area contributed by atoms with E-state index in [4.69, 9.17) is 4.74 Å². The molecule has 0 amide bonds. The van der Waals surface area contributed by atoms with Crippen LogP contribution in [0.2, 0.25) is 0 Å². The topological polar surface area (TPSA) is 38.3 Å². The third-order valence-electron chi connectivity index (χ3n) is 2.94. The maximum absolute atomic E-state index is 13.1. The van der Waals surface area contributed by atoms with Crippen molar-refractivity contribution in [3.05, 3.63) is 65.5 Å². The zero-order chi connectivity index (χ0) is 15.1. The van der Waals surface area contributed by atoms with Gasteiger partial charge < -0.3 is 10.1 Å². The van der Waals surface area contributed by atoms with Crippen molar-refractivity contribution in [1.82, 2.24) is 0 Å². The highest BCUT2D eigenvalue weighted by atomic mass is 19.1. The molecule has 21 heavy (non-hydrogen) atoms. The number of carbonyl (C=O) groups excluding carboxylic acids is 1. The molecule has 3 nitrogen and oxygen atoms in total. The van der Waals surface area contributed by atoms with Crippen molar-refractivity contribution in [2.24, 2.45) is 0 Å². The monoisotopic (exact) mass is 287 g/mol. The first kappa shape index (κ1) is 15.0. The Morgan fingerprint density at radius 1 is 1.19 bits per heavy atom. The third-order valence-corrected chi connectivity index (χ3v) is 2.94. The predicted molar refractivity (Wildman–Crippen MR) is 80.7 cm³/mol. The Hall–Kier alpha value is -2.36. The van der Waals surface area contributed by atoms with E-state index in [1.165, 1.54) is 12.1 Å². The van der Waals surface area contributed by atoms with Crippen molar-refractivity contribution < 1.29 is 13.9 Å². The van der Waals surface area contributed by atoms with Gasteiger partial charge in [0.05, 0.1) is 12.2 Å². The van der Waals surface area contributed by atoms with Gasteiger partial charge in [-0.25, -0.2) is 9.18 Å². The first-order valence-electron chi connectivity index (χ1n) is 6.94. The summed E-state index contributed by atoms with van der Waals surface area (Å²) in [6, 6.07) is 13.5. The fourth-order valence-corrected chi connectivity index (χ4v) is 1.85. The normalized spacial score (nSPS) is 10.2. The number of carbonyl (C=O) groups is 1. The minimum atomic E-state index is -0.312. The molecular weight excluding hydrogens is 269 g/mol. The molecule has 0 spiro atoms. The molecule has 2 aromatic rings. The molecule has 0 saturated carbocycles. The molecule has 4 heteroatoms. The highest BCUT2D eigenvalue weighted by molar-refractivity contribution is 5.89. The van der Waals surface area contributed by atoms with Gasteiger partial charge in [0.2, 0.25) is 0 Å². The van der Waals surface area contributed by atoms with Gasteiger partial charge in [-0.1, -0.05) is 19.1 Å². The van der Waals surface area contributed by atoms with Gasteiger partial charge in [-0.2, -0.15) is 0 Å². The standard InChI is InChI=1S/C17H18FNO2/c1-2-10-21-17(20)14-6-8-16(9-7-14)19-12-13-4-3-5-15(18)11-13/h3-9,11,19H,2,10,12H2,1H3. The number of esters is 1. The van der Waals surface area contributed by atoms with Crippen molar-refractivity contribution in [2.75, 3.05) is 11.9 Å². The molecule has 0 heterocycles. The van der Waals surface area contributed by atoms with Crippen LogP contribution >= 0.6 is 0 Å². The number of benzene rings is 2. The summed E-state index contributed by atoms with van der Waals surface area (Å²) in [7, 11) is 0. The zero-order valence-electron chi connectivity index (χ0n) is 11.9. The maximum atomic E-state index is 13.1. The van der Waals surface area contributed by atoms with Gasteiger partial charge >= 0.3 is 5.97 Å². The zero-order valence-corrected chi connectivity index (χ0v) is 11.9. The van der Waals surface area contributed by atoms with Crippen LogP contribution in [0, 0.1) is 5.82 Å². The smallest absolute Gasteiger partial charge is 0.338 e. The lowest BCUT2D eigenvalue weighted by atomic mass is 10.2. The molecule has 0 aromatic heterocycles. The lowest BCUT2D eigenvalue weighted by molar-refractivity contribution is 0.0505. The number of anilines is 1. The molecule has 0 saturated heterocycles. The minimum Gasteiger partial charge on any atom is -0.462 e. The summed E-state index contributed by atoms with van der Waals surface area (Å²) in [6.07, 6.45) is 0.805. The highest BCUT2D eigenvalue weighted by Gasteiger charge is 2.06. The van der Waals surface area contributed by atoms with Crippen LogP contribution in [0.5, 0.6) is 0 Å². The molecule has 0 aliphatic heterocycles. The van der Waals surface area contributed by atoms with E-state index in [9.17, 15) is 9.18 Å². The first-order valence-corrected chi connectivity index (χ1v) is 6.94. The fourth-order valence-electron chi connectivity index (χ4n) is 1.85. The molecule has 0 fully saturated rings. The van der Waals surface area contributed by atoms with E-state index in [-0.39, 0.29) is 11.8 Å². The molecule has 0 unspecified atom stereocenters. The summed E-state index contributed by atoms with van der Waals surface area (Å²) in [4.78, 5) is 11.6. The Balaban J connectivity index is 1.92. The van der Waals surface area contributed by atoms with Gasteiger partial charge in [-0.15, -0.1) is 0 Å². The van der Waals surface area contributed by atoms with Gasteiger partial charge in [0.15, 0.2) is 0 Å². The van der Waals surface area contributed by atoms with Crippen LogP contribution < -0.4 is 5.32 Å². The van der Waals surface area contributed by atoms with Gasteiger partial charge in [-0.3, -0.25) is 0 Å². The largest absolute Gasteiger partial charge is 0.462 e. The molecule has 110 valence electrons. The van der Waals surface area contributed by atoms with Crippen LogP contribution in [0.1, 0.15) is 29.3 Å². The average molecular weight is 287 g/mol. The molecular formula is C17H18FNO2. The molecule has 0 atom stereocenters. The molecule has 0 aliphatic rings. The van der Waals surface area contributed by atoms with Crippen LogP contribution in [0.15, 0.2) is 48.5 Å². The molecule has 1 N–H and O–H groups in total. The summed E-state index contributed by atoms with van der Waals surface area (Å²) < 4.78 is 18.1. The van der Waals surface area contributed by atoms with Crippen molar-refractivity contribution in [3.63, 3.8) is 0 Å². The highest BCUT2D eigenvalue weighted by Crippen LogP contribution is 2.13. The average Bonchev–Trinajstić information content (AvgIpc) is 2.51. The van der Waals surface area contributed by atoms with E-state index in [0.717, 1.165) is 17.7 Å². The number of rotatable bonds is 6. The van der Waals surface area contributed by atoms with E-state index in [1.54, 1.807) is 18.2 Å². The Bertz CT molecular complexity index is 596. The second-order valence-corrected chi connectivity index (χ2v) is 4.70. The summed E-state index contributed by atoms with van der Waals surface area (Å²) in [5.41, 5.74) is 2.26. The number of halogens is 1. The second-order valence-electron chi connectivity index (χ2n) is 4.70. The van der Waals surface area contributed by atoms with Gasteiger partial charge in [0.25, 0.3) is 0 Å².